The summed E-state index contributed by atoms with van der Waals surface area (Å²) >= 11 is 5.83. The Morgan fingerprint density at radius 1 is 1.53 bits per heavy atom. The van der Waals surface area contributed by atoms with Gasteiger partial charge in [-0.1, -0.05) is 16.8 Å². The molecule has 1 heterocycles. The third-order valence-electron chi connectivity index (χ3n) is 2.45. The fourth-order valence-corrected chi connectivity index (χ4v) is 1.78. The second-order valence-electron chi connectivity index (χ2n) is 3.97. The maximum atomic E-state index is 11.8. The standard InChI is InChI=1S/C12H11ClN4O2/c1-8-4-9(13)2-3-11(8)14-12(19)6-17-5-10(7-18)15-16-17/h2-5,7H,6H2,1H3,(H,14,19). The van der Waals surface area contributed by atoms with Crippen molar-refractivity contribution in [3.05, 3.63) is 40.7 Å². The molecule has 6 nitrogen and oxygen atoms in total. The van der Waals surface area contributed by atoms with Gasteiger partial charge in [0.15, 0.2) is 6.29 Å². The van der Waals surface area contributed by atoms with E-state index in [1.54, 1.807) is 18.2 Å². The molecule has 0 atom stereocenters. The summed E-state index contributed by atoms with van der Waals surface area (Å²) in [5.41, 5.74) is 1.74. The molecular weight excluding hydrogens is 268 g/mol. The molecule has 1 aromatic heterocycles. The van der Waals surface area contributed by atoms with Crippen molar-refractivity contribution >= 4 is 29.5 Å². The van der Waals surface area contributed by atoms with Crippen LogP contribution in [0.25, 0.3) is 0 Å². The lowest BCUT2D eigenvalue weighted by Crippen LogP contribution is -2.19. The topological polar surface area (TPSA) is 76.9 Å². The highest BCUT2D eigenvalue weighted by atomic mass is 35.5. The Balaban J connectivity index is 2.02. The molecule has 7 heteroatoms. The van der Waals surface area contributed by atoms with Gasteiger partial charge in [0.1, 0.15) is 12.2 Å². The van der Waals surface area contributed by atoms with Crippen molar-refractivity contribution < 1.29 is 9.59 Å². The molecule has 0 saturated heterocycles. The minimum atomic E-state index is -0.257. The number of benzene rings is 1. The number of nitrogens with zero attached hydrogens (tertiary/aromatic N) is 3. The van der Waals surface area contributed by atoms with Crippen molar-refractivity contribution in [1.82, 2.24) is 15.0 Å². The van der Waals surface area contributed by atoms with Gasteiger partial charge >= 0.3 is 0 Å². The van der Waals surface area contributed by atoms with Crippen LogP contribution in [-0.4, -0.2) is 27.2 Å². The number of halogens is 1. The van der Waals surface area contributed by atoms with Gasteiger partial charge < -0.3 is 5.32 Å². The zero-order chi connectivity index (χ0) is 13.8. The van der Waals surface area contributed by atoms with Gasteiger partial charge in [0, 0.05) is 10.7 Å². The molecule has 0 fully saturated rings. The summed E-state index contributed by atoms with van der Waals surface area (Å²) < 4.78 is 1.30. The molecular formula is C12H11ClN4O2. The number of rotatable bonds is 4. The maximum Gasteiger partial charge on any atom is 0.246 e. The number of carbonyl (C=O) groups excluding carboxylic acids is 2. The van der Waals surface area contributed by atoms with Crippen LogP contribution in [0.2, 0.25) is 5.02 Å². The molecule has 19 heavy (non-hydrogen) atoms. The number of nitrogens with one attached hydrogen (secondary N) is 1. The molecule has 2 aromatic rings. The lowest BCUT2D eigenvalue weighted by Gasteiger charge is -2.08. The van der Waals surface area contributed by atoms with Crippen LogP contribution in [0.4, 0.5) is 5.69 Å². The Bertz CT molecular complexity index is 624. The molecule has 2 rings (SSSR count). The van der Waals surface area contributed by atoms with Crippen molar-refractivity contribution in [2.45, 2.75) is 13.5 Å². The van der Waals surface area contributed by atoms with Crippen LogP contribution in [0.3, 0.4) is 0 Å². The summed E-state index contributed by atoms with van der Waals surface area (Å²) in [4.78, 5) is 22.2. The third-order valence-corrected chi connectivity index (χ3v) is 2.68. The van der Waals surface area contributed by atoms with E-state index < -0.39 is 0 Å². The summed E-state index contributed by atoms with van der Waals surface area (Å²) in [5.74, 6) is -0.257. The lowest BCUT2D eigenvalue weighted by molar-refractivity contribution is -0.116. The molecule has 0 spiro atoms. The van der Waals surface area contributed by atoms with Gasteiger partial charge in [0.25, 0.3) is 0 Å². The highest BCUT2D eigenvalue weighted by Gasteiger charge is 2.07. The van der Waals surface area contributed by atoms with Gasteiger partial charge in [-0.15, -0.1) is 5.10 Å². The van der Waals surface area contributed by atoms with Gasteiger partial charge in [-0.3, -0.25) is 9.59 Å². The number of hydrogen-bond acceptors (Lipinski definition) is 4. The Labute approximate surface area is 114 Å². The van der Waals surface area contributed by atoms with E-state index in [4.69, 9.17) is 11.6 Å². The van der Waals surface area contributed by atoms with Crippen molar-refractivity contribution in [1.29, 1.82) is 0 Å². The molecule has 98 valence electrons. The van der Waals surface area contributed by atoms with E-state index in [9.17, 15) is 9.59 Å². The number of anilines is 1. The summed E-state index contributed by atoms with van der Waals surface area (Å²) in [5, 5.41) is 10.6. The van der Waals surface area contributed by atoms with Crippen LogP contribution in [-0.2, 0) is 11.3 Å². The first kappa shape index (κ1) is 13.2. The quantitative estimate of drug-likeness (QED) is 0.864. The summed E-state index contributed by atoms with van der Waals surface area (Å²) in [6.45, 7) is 1.84. The normalized spacial score (nSPS) is 10.2. The van der Waals surface area contributed by atoms with Crippen LogP contribution in [0.15, 0.2) is 24.4 Å². The number of aldehydes is 1. The molecule has 0 saturated carbocycles. The van der Waals surface area contributed by atoms with E-state index in [-0.39, 0.29) is 18.1 Å². The first-order valence-electron chi connectivity index (χ1n) is 5.50. The largest absolute Gasteiger partial charge is 0.324 e. The molecule has 0 bridgehead atoms. The SMILES string of the molecule is Cc1cc(Cl)ccc1NC(=O)Cn1cc(C=O)nn1. The van der Waals surface area contributed by atoms with Crippen LogP contribution in [0, 0.1) is 6.92 Å². The number of aromatic nitrogens is 3. The zero-order valence-corrected chi connectivity index (χ0v) is 10.9. The molecule has 0 aliphatic rings. The van der Waals surface area contributed by atoms with Crippen molar-refractivity contribution in [2.75, 3.05) is 5.32 Å². The second-order valence-corrected chi connectivity index (χ2v) is 4.40. The second kappa shape index (κ2) is 5.62. The highest BCUT2D eigenvalue weighted by molar-refractivity contribution is 6.30. The average Bonchev–Trinajstić information content (AvgIpc) is 2.80. The summed E-state index contributed by atoms with van der Waals surface area (Å²) in [7, 11) is 0. The fourth-order valence-electron chi connectivity index (χ4n) is 1.55. The van der Waals surface area contributed by atoms with Crippen molar-refractivity contribution in [3.63, 3.8) is 0 Å². The van der Waals surface area contributed by atoms with E-state index in [0.717, 1.165) is 5.56 Å². The fraction of sp³-hybridized carbons (Fsp3) is 0.167. The van der Waals surface area contributed by atoms with Crippen LogP contribution in [0.1, 0.15) is 16.1 Å². The Kier molecular flexibility index (Phi) is 3.91. The summed E-state index contributed by atoms with van der Waals surface area (Å²) in [6, 6.07) is 5.19. The molecule has 1 N–H and O–H groups in total. The summed E-state index contributed by atoms with van der Waals surface area (Å²) in [6.07, 6.45) is 1.98. The van der Waals surface area contributed by atoms with Gasteiger partial charge in [-0.2, -0.15) is 0 Å². The van der Waals surface area contributed by atoms with Gasteiger partial charge in [-0.25, -0.2) is 4.68 Å². The van der Waals surface area contributed by atoms with E-state index in [1.807, 2.05) is 6.92 Å². The van der Waals surface area contributed by atoms with E-state index in [1.165, 1.54) is 10.9 Å². The van der Waals surface area contributed by atoms with Gasteiger partial charge in [-0.05, 0) is 30.7 Å². The predicted molar refractivity (Wildman–Crippen MR) is 70.2 cm³/mol. The third kappa shape index (κ3) is 3.38. The predicted octanol–water partition coefficient (Wildman–Crippen LogP) is 1.69. The Morgan fingerprint density at radius 3 is 2.95 bits per heavy atom. The zero-order valence-electron chi connectivity index (χ0n) is 10.1. The first-order valence-corrected chi connectivity index (χ1v) is 5.87. The molecule has 0 radical (unpaired) electrons. The van der Waals surface area contributed by atoms with Crippen LogP contribution in [0.5, 0.6) is 0 Å². The average molecular weight is 279 g/mol. The smallest absolute Gasteiger partial charge is 0.246 e. The highest BCUT2D eigenvalue weighted by Crippen LogP contribution is 2.19. The van der Waals surface area contributed by atoms with Crippen LogP contribution < -0.4 is 5.32 Å². The minimum Gasteiger partial charge on any atom is -0.324 e. The first-order chi connectivity index (χ1) is 9.08. The monoisotopic (exact) mass is 278 g/mol. The number of amides is 1. The van der Waals surface area contributed by atoms with Crippen molar-refractivity contribution in [2.24, 2.45) is 0 Å². The van der Waals surface area contributed by atoms with Gasteiger partial charge in [0.05, 0.1) is 6.20 Å². The molecule has 0 aliphatic carbocycles. The molecule has 0 aliphatic heterocycles. The maximum absolute atomic E-state index is 11.8. The van der Waals surface area contributed by atoms with E-state index >= 15 is 0 Å². The Hall–Kier alpha value is -2.21. The Morgan fingerprint density at radius 2 is 2.32 bits per heavy atom. The minimum absolute atomic E-state index is 0.0110. The van der Waals surface area contributed by atoms with Crippen molar-refractivity contribution in [3.8, 4) is 0 Å². The van der Waals surface area contributed by atoms with E-state index in [2.05, 4.69) is 15.6 Å². The van der Waals surface area contributed by atoms with Gasteiger partial charge in [0.2, 0.25) is 5.91 Å². The molecule has 1 amide bonds. The van der Waals surface area contributed by atoms with E-state index in [0.29, 0.717) is 17.0 Å². The molecule has 0 unspecified atom stereocenters. The van der Waals surface area contributed by atoms with Crippen LogP contribution >= 0.6 is 11.6 Å². The number of carbonyl (C=O) groups is 2. The number of hydrogen-bond donors (Lipinski definition) is 1. The number of aryl methyl sites for hydroxylation is 1. The molecule has 1 aromatic carbocycles. The lowest BCUT2D eigenvalue weighted by atomic mass is 10.2.